The molecule has 1 heterocycles. The van der Waals surface area contributed by atoms with Gasteiger partial charge in [-0.15, -0.1) is 5.75 Å². The van der Waals surface area contributed by atoms with Crippen molar-refractivity contribution >= 4 is 11.9 Å². The number of pyridine rings is 1. The molecule has 0 fully saturated rings. The Bertz CT molecular complexity index is 748. The fraction of sp³-hybridized carbons (Fsp3) is 0.0526. The first-order valence-corrected chi connectivity index (χ1v) is 7.26. The molecule has 0 radical (unpaired) electrons. The monoisotopic (exact) mass is 515 g/mol. The van der Waals surface area contributed by atoms with Crippen LogP contribution in [0, 0.1) is 0 Å². The molecule has 130 valence electrons. The van der Waals surface area contributed by atoms with Gasteiger partial charge in [0.25, 0.3) is 0 Å². The van der Waals surface area contributed by atoms with E-state index in [1.165, 1.54) is 18.3 Å². The minimum atomic E-state index is -0.151. The van der Waals surface area contributed by atoms with Crippen molar-refractivity contribution in [2.24, 2.45) is 4.99 Å². The molecule has 2 aromatic carbocycles. The van der Waals surface area contributed by atoms with Crippen molar-refractivity contribution in [2.75, 3.05) is 0 Å². The SMILES string of the molecule is OCc1ccncc1.[O-]c1ccccc1C=Nc1ccccc1[O-].[Pt+2]. The maximum atomic E-state index is 11.4. The van der Waals surface area contributed by atoms with E-state index in [-0.39, 0.29) is 39.2 Å². The van der Waals surface area contributed by atoms with Crippen molar-refractivity contribution in [1.29, 1.82) is 0 Å². The molecule has 3 rings (SSSR count). The molecule has 1 N–H and O–H groups in total. The van der Waals surface area contributed by atoms with Gasteiger partial charge in [0.15, 0.2) is 0 Å². The molecule has 5 nitrogen and oxygen atoms in total. The van der Waals surface area contributed by atoms with Crippen LogP contribution in [-0.2, 0) is 27.7 Å². The Hall–Kier alpha value is -2.49. The van der Waals surface area contributed by atoms with E-state index in [9.17, 15) is 10.2 Å². The van der Waals surface area contributed by atoms with Crippen LogP contribution in [0.15, 0.2) is 78.0 Å². The Morgan fingerprint density at radius 3 is 2.04 bits per heavy atom. The Balaban J connectivity index is 0.000000295. The smallest absolute Gasteiger partial charge is 0.872 e. The van der Waals surface area contributed by atoms with Gasteiger partial charge in [0, 0.05) is 18.6 Å². The van der Waals surface area contributed by atoms with Gasteiger partial charge in [-0.2, -0.15) is 0 Å². The van der Waals surface area contributed by atoms with Gasteiger partial charge in [0.1, 0.15) is 0 Å². The second-order valence-electron chi connectivity index (χ2n) is 4.78. The summed E-state index contributed by atoms with van der Waals surface area (Å²) in [5.41, 5.74) is 1.72. The van der Waals surface area contributed by atoms with Gasteiger partial charge in [0.2, 0.25) is 0 Å². The average molecular weight is 515 g/mol. The molecule has 0 saturated carbocycles. The summed E-state index contributed by atoms with van der Waals surface area (Å²) in [4.78, 5) is 7.78. The molecule has 3 aromatic rings. The van der Waals surface area contributed by atoms with Crippen molar-refractivity contribution in [3.05, 3.63) is 84.2 Å². The van der Waals surface area contributed by atoms with E-state index in [2.05, 4.69) is 9.98 Å². The molecule has 0 unspecified atom stereocenters. The average Bonchev–Trinajstić information content (AvgIpc) is 2.63. The van der Waals surface area contributed by atoms with Crippen molar-refractivity contribution in [3.8, 4) is 11.5 Å². The van der Waals surface area contributed by atoms with E-state index < -0.39 is 0 Å². The van der Waals surface area contributed by atoms with Crippen LogP contribution in [0.5, 0.6) is 11.5 Å². The molecule has 0 atom stereocenters. The first-order chi connectivity index (χ1) is 11.7. The van der Waals surface area contributed by atoms with E-state index in [1.807, 2.05) is 0 Å². The van der Waals surface area contributed by atoms with Gasteiger partial charge < -0.3 is 15.3 Å². The van der Waals surface area contributed by atoms with Crippen LogP contribution < -0.4 is 10.2 Å². The fourth-order valence-corrected chi connectivity index (χ4v) is 1.78. The van der Waals surface area contributed by atoms with E-state index in [4.69, 9.17) is 5.11 Å². The quantitative estimate of drug-likeness (QED) is 0.542. The zero-order chi connectivity index (χ0) is 17.2. The van der Waals surface area contributed by atoms with Crippen LogP contribution in [0.1, 0.15) is 11.1 Å². The van der Waals surface area contributed by atoms with Gasteiger partial charge in [-0.05, 0) is 29.3 Å². The summed E-state index contributed by atoms with van der Waals surface area (Å²) in [6.07, 6.45) is 4.73. The van der Waals surface area contributed by atoms with Crippen LogP contribution >= 0.6 is 0 Å². The molecular weight excluding hydrogens is 499 g/mol. The summed E-state index contributed by atoms with van der Waals surface area (Å²) < 4.78 is 0. The molecule has 0 saturated heterocycles. The normalized spacial score (nSPS) is 9.80. The van der Waals surface area contributed by atoms with Crippen LogP contribution in [-0.4, -0.2) is 16.3 Å². The molecule has 0 spiro atoms. The Morgan fingerprint density at radius 1 is 0.880 bits per heavy atom. The van der Waals surface area contributed by atoms with Crippen LogP contribution in [0.3, 0.4) is 0 Å². The maximum absolute atomic E-state index is 11.4. The molecular formula is C19H16N2O3Pt. The van der Waals surface area contributed by atoms with E-state index >= 15 is 0 Å². The van der Waals surface area contributed by atoms with E-state index in [1.54, 1.807) is 60.9 Å². The number of aliphatic hydroxyl groups excluding tert-OH is 1. The third kappa shape index (κ3) is 6.87. The molecule has 0 aliphatic rings. The summed E-state index contributed by atoms with van der Waals surface area (Å²) in [6, 6.07) is 16.6. The topological polar surface area (TPSA) is 91.6 Å². The third-order valence-corrected chi connectivity index (χ3v) is 3.06. The number of aliphatic hydroxyl groups is 1. The molecule has 25 heavy (non-hydrogen) atoms. The Labute approximate surface area is 160 Å². The first kappa shape index (κ1) is 20.6. The summed E-state index contributed by atoms with van der Waals surface area (Å²) in [5.74, 6) is -0.253. The van der Waals surface area contributed by atoms with Gasteiger partial charge in [-0.3, -0.25) is 9.98 Å². The largest absolute Gasteiger partial charge is 2.00 e. The van der Waals surface area contributed by atoms with Gasteiger partial charge in [0.05, 0.1) is 12.3 Å². The molecule has 6 heteroatoms. The third-order valence-electron chi connectivity index (χ3n) is 3.06. The van der Waals surface area contributed by atoms with Crippen LogP contribution in [0.2, 0.25) is 0 Å². The predicted octanol–water partition coefficient (Wildman–Crippen LogP) is 2.16. The predicted molar refractivity (Wildman–Crippen MR) is 89.2 cm³/mol. The van der Waals surface area contributed by atoms with Crippen molar-refractivity contribution < 1.29 is 36.4 Å². The molecule has 1 aromatic heterocycles. The second-order valence-corrected chi connectivity index (χ2v) is 4.78. The molecule has 0 aliphatic carbocycles. The Morgan fingerprint density at radius 2 is 1.48 bits per heavy atom. The van der Waals surface area contributed by atoms with Crippen LogP contribution in [0.25, 0.3) is 0 Å². The van der Waals surface area contributed by atoms with E-state index in [0.29, 0.717) is 11.3 Å². The number of rotatable bonds is 3. The summed E-state index contributed by atoms with van der Waals surface area (Å²) in [6.45, 7) is 0.0997. The van der Waals surface area contributed by atoms with Gasteiger partial charge in [-0.25, -0.2) is 0 Å². The zero-order valence-corrected chi connectivity index (χ0v) is 15.5. The molecule has 0 aliphatic heterocycles. The molecule has 0 bridgehead atoms. The second kappa shape index (κ2) is 11.1. The number of nitrogens with zero attached hydrogens (tertiary/aromatic N) is 2. The first-order valence-electron chi connectivity index (χ1n) is 7.26. The fourth-order valence-electron chi connectivity index (χ4n) is 1.78. The minimum Gasteiger partial charge on any atom is -0.872 e. The molecule has 0 amide bonds. The maximum Gasteiger partial charge on any atom is 2.00 e. The standard InChI is InChI=1S/C13H11NO2.C6H7NO.Pt/c15-12-7-3-1-5-10(12)9-14-11-6-2-4-8-13(11)16;8-5-6-1-3-7-4-2-6;/h1-9,15-16H;1-4,8H,5H2;/q;;+2/p-2. The van der Waals surface area contributed by atoms with E-state index in [0.717, 1.165) is 5.56 Å². The number of para-hydroxylation sites is 3. The Kier molecular flexibility index (Phi) is 9.15. The zero-order valence-electron chi connectivity index (χ0n) is 13.2. The number of aliphatic imine (C=N–C) groups is 1. The summed E-state index contributed by atoms with van der Waals surface area (Å²) in [7, 11) is 0. The van der Waals surface area contributed by atoms with Crippen molar-refractivity contribution in [1.82, 2.24) is 4.98 Å². The number of aromatic nitrogens is 1. The number of hydrogen-bond donors (Lipinski definition) is 1. The minimum absolute atomic E-state index is 0. The summed E-state index contributed by atoms with van der Waals surface area (Å²) in [5, 5.41) is 31.2. The van der Waals surface area contributed by atoms with Crippen molar-refractivity contribution in [3.63, 3.8) is 0 Å². The van der Waals surface area contributed by atoms with Gasteiger partial charge >= 0.3 is 21.1 Å². The van der Waals surface area contributed by atoms with Crippen molar-refractivity contribution in [2.45, 2.75) is 6.61 Å². The van der Waals surface area contributed by atoms with Gasteiger partial charge in [-0.1, -0.05) is 48.2 Å². The number of hydrogen-bond acceptors (Lipinski definition) is 5. The summed E-state index contributed by atoms with van der Waals surface area (Å²) >= 11 is 0. The van der Waals surface area contributed by atoms with Crippen LogP contribution in [0.4, 0.5) is 5.69 Å². The number of benzene rings is 2.